The van der Waals surface area contributed by atoms with Crippen molar-refractivity contribution < 1.29 is 0 Å². The summed E-state index contributed by atoms with van der Waals surface area (Å²) in [5.41, 5.74) is 0. The van der Waals surface area contributed by atoms with Crippen LogP contribution < -0.4 is 0 Å². The number of rotatable bonds is 0. The maximum absolute atomic E-state index is 4.43. The molecule has 0 spiro atoms. The molecule has 0 aliphatic carbocycles. The molecule has 2 aliphatic rings. The molecule has 0 aromatic heterocycles. The molecular formula is C7H12Cl2N2S. The fraction of sp³-hybridized carbons (Fsp3) is 0.571. The number of amidine groups is 1. The van der Waals surface area contributed by atoms with Gasteiger partial charge in [-0.25, -0.2) is 0 Å². The lowest BCUT2D eigenvalue weighted by molar-refractivity contribution is 0.552. The molecule has 0 saturated heterocycles. The summed E-state index contributed by atoms with van der Waals surface area (Å²) >= 11 is 1.74. The molecule has 0 bridgehead atoms. The van der Waals surface area contributed by atoms with Gasteiger partial charge in [-0.05, 0) is 18.2 Å². The Labute approximate surface area is 89.3 Å². The third-order valence-corrected chi connectivity index (χ3v) is 2.55. The van der Waals surface area contributed by atoms with Crippen molar-refractivity contribution in [1.29, 1.82) is 0 Å². The fourth-order valence-electron chi connectivity index (χ4n) is 1.16. The molecule has 0 saturated carbocycles. The lowest BCUT2D eigenvalue weighted by Crippen LogP contribution is -2.18. The molecule has 5 heteroatoms. The first-order chi connectivity index (χ1) is 4.97. The van der Waals surface area contributed by atoms with Gasteiger partial charge in [0.2, 0.25) is 0 Å². The zero-order chi connectivity index (χ0) is 6.81. The number of hydrogen-bond donors (Lipinski definition) is 0. The van der Waals surface area contributed by atoms with Crippen LogP contribution in [0.15, 0.2) is 16.6 Å². The molecule has 0 aromatic carbocycles. The van der Waals surface area contributed by atoms with E-state index in [-0.39, 0.29) is 24.8 Å². The van der Waals surface area contributed by atoms with Crippen LogP contribution in [0.4, 0.5) is 0 Å². The fourth-order valence-corrected chi connectivity index (χ4v) is 1.95. The Morgan fingerprint density at radius 3 is 3.00 bits per heavy atom. The van der Waals surface area contributed by atoms with E-state index < -0.39 is 0 Å². The Bertz CT molecular complexity index is 194. The zero-order valence-electron chi connectivity index (χ0n) is 6.60. The molecule has 2 rings (SSSR count). The highest BCUT2D eigenvalue weighted by Gasteiger charge is 2.14. The van der Waals surface area contributed by atoms with Gasteiger partial charge in [-0.1, -0.05) is 11.8 Å². The molecule has 12 heavy (non-hydrogen) atoms. The molecule has 2 nitrogen and oxygen atoms in total. The van der Waals surface area contributed by atoms with Gasteiger partial charge in [0.25, 0.3) is 0 Å². The monoisotopic (exact) mass is 226 g/mol. The van der Waals surface area contributed by atoms with Gasteiger partial charge >= 0.3 is 0 Å². The minimum absolute atomic E-state index is 0. The van der Waals surface area contributed by atoms with Gasteiger partial charge < -0.3 is 4.90 Å². The van der Waals surface area contributed by atoms with Crippen molar-refractivity contribution in [2.75, 3.05) is 13.1 Å². The predicted molar refractivity (Wildman–Crippen MR) is 59.5 cm³/mol. The second kappa shape index (κ2) is 5.73. The molecular weight excluding hydrogens is 215 g/mol. The first kappa shape index (κ1) is 12.1. The molecule has 70 valence electrons. The van der Waals surface area contributed by atoms with Crippen LogP contribution in [0.3, 0.4) is 0 Å². The summed E-state index contributed by atoms with van der Waals surface area (Å²) < 4.78 is 0. The molecule has 0 amide bonds. The molecule has 0 aromatic rings. The highest BCUT2D eigenvalue weighted by Crippen LogP contribution is 2.21. The summed E-state index contributed by atoms with van der Waals surface area (Å²) in [5, 5.41) is 3.29. The minimum Gasteiger partial charge on any atom is -0.327 e. The van der Waals surface area contributed by atoms with E-state index in [1.54, 1.807) is 11.8 Å². The lowest BCUT2D eigenvalue weighted by Gasteiger charge is -2.11. The van der Waals surface area contributed by atoms with Gasteiger partial charge in [0.1, 0.15) is 0 Å². The van der Waals surface area contributed by atoms with Crippen molar-refractivity contribution in [2.45, 2.75) is 12.8 Å². The minimum atomic E-state index is 0. The van der Waals surface area contributed by atoms with Crippen molar-refractivity contribution in [1.82, 2.24) is 4.90 Å². The summed E-state index contributed by atoms with van der Waals surface area (Å²) in [7, 11) is 0. The topological polar surface area (TPSA) is 15.6 Å². The van der Waals surface area contributed by atoms with Crippen LogP contribution in [0.2, 0.25) is 0 Å². The molecule has 0 N–H and O–H groups in total. The van der Waals surface area contributed by atoms with Crippen LogP contribution in [-0.2, 0) is 0 Å². The summed E-state index contributed by atoms with van der Waals surface area (Å²) in [4.78, 5) is 6.66. The molecule has 0 fully saturated rings. The predicted octanol–water partition coefficient (Wildman–Crippen LogP) is 2.50. The van der Waals surface area contributed by atoms with Gasteiger partial charge in [-0.3, -0.25) is 4.99 Å². The molecule has 2 heterocycles. The highest BCUT2D eigenvalue weighted by molar-refractivity contribution is 8.16. The second-order valence-electron chi connectivity index (χ2n) is 2.47. The summed E-state index contributed by atoms with van der Waals surface area (Å²) in [5.74, 6) is 0. The zero-order valence-corrected chi connectivity index (χ0v) is 9.05. The molecule has 2 aliphatic heterocycles. The number of thioether (sulfide) groups is 1. The van der Waals surface area contributed by atoms with E-state index >= 15 is 0 Å². The van der Waals surface area contributed by atoms with E-state index in [0.717, 1.165) is 13.1 Å². The van der Waals surface area contributed by atoms with Crippen molar-refractivity contribution in [3.05, 3.63) is 11.6 Å². The summed E-state index contributed by atoms with van der Waals surface area (Å²) in [6.07, 6.45) is 4.64. The number of fused-ring (bicyclic) bond motifs is 1. The van der Waals surface area contributed by atoms with E-state index in [1.165, 1.54) is 18.0 Å². The first-order valence-electron chi connectivity index (χ1n) is 3.61. The maximum Gasteiger partial charge on any atom is 0.167 e. The van der Waals surface area contributed by atoms with Gasteiger partial charge in [0.15, 0.2) is 5.17 Å². The first-order valence-corrected chi connectivity index (χ1v) is 4.49. The molecule has 0 unspecified atom stereocenters. The SMILES string of the molecule is C1=CN2CCCCN=C2S1.Cl.Cl. The van der Waals surface area contributed by atoms with Crippen molar-refractivity contribution in [3.8, 4) is 0 Å². The van der Waals surface area contributed by atoms with Gasteiger partial charge in [0.05, 0.1) is 0 Å². The van der Waals surface area contributed by atoms with Crippen LogP contribution >= 0.6 is 36.6 Å². The third kappa shape index (κ3) is 2.57. The van der Waals surface area contributed by atoms with Crippen molar-refractivity contribution in [2.24, 2.45) is 4.99 Å². The van der Waals surface area contributed by atoms with Gasteiger partial charge in [0, 0.05) is 19.3 Å². The molecule has 0 radical (unpaired) electrons. The Morgan fingerprint density at radius 1 is 1.33 bits per heavy atom. The van der Waals surface area contributed by atoms with E-state index in [0.29, 0.717) is 0 Å². The van der Waals surface area contributed by atoms with Gasteiger partial charge in [-0.2, -0.15) is 0 Å². The standard InChI is InChI=1S/C7H10N2S.2ClH/c1-2-4-9-5-6-10-7(9)8-3-1;;/h5-6H,1-4H2;2*1H. The number of aliphatic imine (C=N–C) groups is 1. The second-order valence-corrected chi connectivity index (χ2v) is 3.34. The Morgan fingerprint density at radius 2 is 2.17 bits per heavy atom. The average molecular weight is 227 g/mol. The molecule has 0 atom stereocenters. The number of halogens is 2. The van der Waals surface area contributed by atoms with Crippen LogP contribution in [0, 0.1) is 0 Å². The average Bonchev–Trinajstić information content (AvgIpc) is 2.28. The Hall–Kier alpha value is 0.140. The smallest absolute Gasteiger partial charge is 0.167 e. The summed E-state index contributed by atoms with van der Waals surface area (Å²) in [6.45, 7) is 2.17. The van der Waals surface area contributed by atoms with E-state index in [2.05, 4.69) is 21.5 Å². The van der Waals surface area contributed by atoms with E-state index in [9.17, 15) is 0 Å². The normalized spacial score (nSPS) is 20.0. The highest BCUT2D eigenvalue weighted by atomic mass is 35.5. The van der Waals surface area contributed by atoms with E-state index in [1.807, 2.05) is 0 Å². The van der Waals surface area contributed by atoms with Crippen LogP contribution in [0.25, 0.3) is 0 Å². The Kier molecular flexibility index (Phi) is 5.80. The van der Waals surface area contributed by atoms with Crippen LogP contribution in [0.5, 0.6) is 0 Å². The lowest BCUT2D eigenvalue weighted by atomic mass is 10.3. The Balaban J connectivity index is 0.000000605. The van der Waals surface area contributed by atoms with Gasteiger partial charge in [-0.15, -0.1) is 24.8 Å². The van der Waals surface area contributed by atoms with Crippen LogP contribution in [-0.4, -0.2) is 23.2 Å². The largest absolute Gasteiger partial charge is 0.327 e. The maximum atomic E-state index is 4.43. The van der Waals surface area contributed by atoms with Crippen molar-refractivity contribution >= 4 is 41.7 Å². The third-order valence-electron chi connectivity index (χ3n) is 1.71. The quantitative estimate of drug-likeness (QED) is 0.631. The van der Waals surface area contributed by atoms with Crippen LogP contribution in [0.1, 0.15) is 12.8 Å². The van der Waals surface area contributed by atoms with E-state index in [4.69, 9.17) is 0 Å². The van der Waals surface area contributed by atoms with Crippen molar-refractivity contribution in [3.63, 3.8) is 0 Å². The number of hydrogen-bond acceptors (Lipinski definition) is 3. The summed E-state index contributed by atoms with van der Waals surface area (Å²) in [6, 6.07) is 0. The number of nitrogens with zero attached hydrogens (tertiary/aromatic N) is 2.